The van der Waals surface area contributed by atoms with Crippen molar-refractivity contribution in [1.82, 2.24) is 0 Å². The number of hydrogen-bond donors (Lipinski definition) is 1. The minimum atomic E-state index is 0.510. The van der Waals surface area contributed by atoms with Crippen LogP contribution >= 0.6 is 0 Å². The van der Waals surface area contributed by atoms with Crippen molar-refractivity contribution in [2.24, 2.45) is 5.16 Å². The van der Waals surface area contributed by atoms with E-state index in [1.54, 1.807) is 12.2 Å². The molecular formula is C19H19NO. The summed E-state index contributed by atoms with van der Waals surface area (Å²) in [5.74, 6) is 0. The van der Waals surface area contributed by atoms with Gasteiger partial charge in [-0.25, -0.2) is 0 Å². The molecule has 0 atom stereocenters. The summed E-state index contributed by atoms with van der Waals surface area (Å²) in [5.41, 5.74) is 5.11. The fourth-order valence-electron chi connectivity index (χ4n) is 1.84. The third kappa shape index (κ3) is 4.77. The normalized spacial score (nSPS) is 11.1. The number of hydrogen-bond acceptors (Lipinski definition) is 2. The molecule has 0 aromatic heterocycles. The van der Waals surface area contributed by atoms with Crippen LogP contribution in [0, 0.1) is 13.8 Å². The summed E-state index contributed by atoms with van der Waals surface area (Å²) in [5, 5.41) is 12.4. The monoisotopic (exact) mass is 277 g/mol. The van der Waals surface area contributed by atoms with Crippen LogP contribution in [0.1, 0.15) is 22.3 Å². The molecule has 0 spiro atoms. The maximum absolute atomic E-state index is 9.06. The molecule has 0 amide bonds. The van der Waals surface area contributed by atoms with Crippen LogP contribution in [0.15, 0.2) is 65.8 Å². The molecule has 2 heteroatoms. The predicted octanol–water partition coefficient (Wildman–Crippen LogP) is 4.86. The smallest absolute Gasteiger partial charge is 0.102 e. The molecule has 0 radical (unpaired) electrons. The second-order valence-corrected chi connectivity index (χ2v) is 5.01. The molecule has 0 bridgehead atoms. The first kappa shape index (κ1) is 14.8. The van der Waals surface area contributed by atoms with Crippen molar-refractivity contribution in [2.45, 2.75) is 13.8 Å². The molecule has 0 aliphatic rings. The number of aryl methyl sites for hydroxylation is 2. The fraction of sp³-hybridized carbons (Fsp3) is 0.105. The second-order valence-electron chi connectivity index (χ2n) is 5.01. The van der Waals surface area contributed by atoms with Crippen molar-refractivity contribution in [1.29, 1.82) is 0 Å². The van der Waals surface area contributed by atoms with Crippen LogP contribution in [0.3, 0.4) is 0 Å². The maximum Gasteiger partial charge on any atom is 0.102 e. The Morgan fingerprint density at radius 1 is 0.762 bits per heavy atom. The van der Waals surface area contributed by atoms with Crippen molar-refractivity contribution in [3.05, 3.63) is 82.9 Å². The van der Waals surface area contributed by atoms with Gasteiger partial charge in [0.25, 0.3) is 0 Å². The van der Waals surface area contributed by atoms with Crippen molar-refractivity contribution in [3.8, 4) is 0 Å². The van der Waals surface area contributed by atoms with Gasteiger partial charge in [0, 0.05) is 0 Å². The lowest BCUT2D eigenvalue weighted by atomic mass is 10.1. The van der Waals surface area contributed by atoms with Gasteiger partial charge in [-0.15, -0.1) is 0 Å². The Hall–Kier alpha value is -2.61. The lowest BCUT2D eigenvalue weighted by Gasteiger charge is -1.96. The van der Waals surface area contributed by atoms with Crippen LogP contribution in [0.2, 0.25) is 0 Å². The molecule has 0 heterocycles. The number of rotatable bonds is 4. The van der Waals surface area contributed by atoms with E-state index in [4.69, 9.17) is 5.21 Å². The Bertz CT molecular complexity index is 604. The van der Waals surface area contributed by atoms with Gasteiger partial charge in [-0.1, -0.05) is 77.0 Å². The first-order chi connectivity index (χ1) is 10.2. The third-order valence-electron chi connectivity index (χ3n) is 3.16. The molecule has 0 fully saturated rings. The summed E-state index contributed by atoms with van der Waals surface area (Å²) in [6.07, 6.45) is 7.42. The van der Waals surface area contributed by atoms with Gasteiger partial charge in [0.15, 0.2) is 0 Å². The molecule has 106 valence electrons. The number of benzene rings is 2. The van der Waals surface area contributed by atoms with Crippen molar-refractivity contribution < 1.29 is 5.21 Å². The minimum absolute atomic E-state index is 0.510. The number of oxime groups is 1. The van der Waals surface area contributed by atoms with E-state index >= 15 is 0 Å². The summed E-state index contributed by atoms with van der Waals surface area (Å²) in [6, 6.07) is 16.3. The largest absolute Gasteiger partial charge is 0.410 e. The van der Waals surface area contributed by atoms with E-state index in [-0.39, 0.29) is 0 Å². The number of nitrogens with zero attached hydrogens (tertiary/aromatic N) is 1. The zero-order valence-electron chi connectivity index (χ0n) is 12.3. The van der Waals surface area contributed by atoms with Crippen LogP contribution in [0.4, 0.5) is 0 Å². The van der Waals surface area contributed by atoms with E-state index in [9.17, 15) is 0 Å². The Kier molecular flexibility index (Phi) is 5.10. The highest BCUT2D eigenvalue weighted by atomic mass is 16.4. The Morgan fingerprint density at radius 3 is 1.48 bits per heavy atom. The SMILES string of the molecule is Cc1ccc(/C=C/C(/C=C/c2ccc(C)cc2)=NO)cc1. The van der Waals surface area contributed by atoms with E-state index in [1.807, 2.05) is 36.4 Å². The van der Waals surface area contributed by atoms with Crippen LogP contribution in [-0.4, -0.2) is 10.9 Å². The van der Waals surface area contributed by atoms with Crippen LogP contribution < -0.4 is 0 Å². The predicted molar refractivity (Wildman–Crippen MR) is 89.6 cm³/mol. The first-order valence-electron chi connectivity index (χ1n) is 6.89. The molecule has 0 aliphatic heterocycles. The van der Waals surface area contributed by atoms with Gasteiger partial charge in [0.1, 0.15) is 5.71 Å². The van der Waals surface area contributed by atoms with Crippen LogP contribution in [0.25, 0.3) is 12.2 Å². The van der Waals surface area contributed by atoms with Crippen molar-refractivity contribution in [3.63, 3.8) is 0 Å². The van der Waals surface area contributed by atoms with Crippen molar-refractivity contribution in [2.75, 3.05) is 0 Å². The van der Waals surface area contributed by atoms with Gasteiger partial charge in [-0.05, 0) is 37.1 Å². The van der Waals surface area contributed by atoms with E-state index in [1.165, 1.54) is 11.1 Å². The van der Waals surface area contributed by atoms with Gasteiger partial charge < -0.3 is 5.21 Å². The van der Waals surface area contributed by atoms with Crippen LogP contribution in [0.5, 0.6) is 0 Å². The molecule has 2 rings (SSSR count). The standard InChI is InChI=1S/C19H19NO/c1-15-3-7-17(8-4-15)11-13-19(20-21)14-12-18-9-5-16(2)6-10-18/h3-14,21H,1-2H3/b13-11+,14-12+. The van der Waals surface area contributed by atoms with E-state index in [2.05, 4.69) is 43.3 Å². The molecule has 2 aromatic carbocycles. The average molecular weight is 277 g/mol. The second kappa shape index (κ2) is 7.25. The molecule has 1 N–H and O–H groups in total. The molecule has 0 saturated carbocycles. The lowest BCUT2D eigenvalue weighted by molar-refractivity contribution is 0.320. The third-order valence-corrected chi connectivity index (χ3v) is 3.16. The highest BCUT2D eigenvalue weighted by molar-refractivity contribution is 6.08. The average Bonchev–Trinajstić information content (AvgIpc) is 2.51. The summed E-state index contributed by atoms with van der Waals surface area (Å²) < 4.78 is 0. The van der Waals surface area contributed by atoms with Crippen molar-refractivity contribution >= 4 is 17.9 Å². The molecule has 0 saturated heterocycles. The first-order valence-corrected chi connectivity index (χ1v) is 6.89. The van der Waals surface area contributed by atoms with E-state index < -0.39 is 0 Å². The molecule has 0 unspecified atom stereocenters. The maximum atomic E-state index is 9.06. The van der Waals surface area contributed by atoms with Crippen LogP contribution in [-0.2, 0) is 0 Å². The fourth-order valence-corrected chi connectivity index (χ4v) is 1.84. The minimum Gasteiger partial charge on any atom is -0.410 e. The summed E-state index contributed by atoms with van der Waals surface area (Å²) in [4.78, 5) is 0. The highest BCUT2D eigenvalue weighted by Gasteiger charge is 1.92. The van der Waals surface area contributed by atoms with E-state index in [0.717, 1.165) is 11.1 Å². The summed E-state index contributed by atoms with van der Waals surface area (Å²) in [7, 11) is 0. The van der Waals surface area contributed by atoms with Gasteiger partial charge in [0.05, 0.1) is 0 Å². The van der Waals surface area contributed by atoms with Gasteiger partial charge in [0.2, 0.25) is 0 Å². The molecule has 2 aromatic rings. The van der Waals surface area contributed by atoms with Gasteiger partial charge in [-0.2, -0.15) is 0 Å². The zero-order chi connectivity index (χ0) is 15.1. The zero-order valence-corrected chi connectivity index (χ0v) is 12.3. The Labute approximate surface area is 125 Å². The Morgan fingerprint density at radius 2 is 1.14 bits per heavy atom. The van der Waals surface area contributed by atoms with Gasteiger partial charge in [-0.3, -0.25) is 0 Å². The summed E-state index contributed by atoms with van der Waals surface area (Å²) >= 11 is 0. The lowest BCUT2D eigenvalue weighted by Crippen LogP contribution is -1.87. The summed E-state index contributed by atoms with van der Waals surface area (Å²) in [6.45, 7) is 4.11. The molecular weight excluding hydrogens is 258 g/mol. The molecule has 0 aliphatic carbocycles. The van der Waals surface area contributed by atoms with Gasteiger partial charge >= 0.3 is 0 Å². The Balaban J connectivity index is 2.06. The molecule has 21 heavy (non-hydrogen) atoms. The quantitative estimate of drug-likeness (QED) is 0.483. The number of allylic oxidation sites excluding steroid dienone is 2. The molecule has 2 nitrogen and oxygen atoms in total. The topological polar surface area (TPSA) is 32.6 Å². The highest BCUT2D eigenvalue weighted by Crippen LogP contribution is 2.07. The van der Waals surface area contributed by atoms with E-state index in [0.29, 0.717) is 5.71 Å².